The van der Waals surface area contributed by atoms with Gasteiger partial charge >= 0.3 is 0 Å². The zero-order valence-corrected chi connectivity index (χ0v) is 11.1. The molecule has 102 valence electrons. The fourth-order valence-electron chi connectivity index (χ4n) is 1.36. The van der Waals surface area contributed by atoms with Gasteiger partial charge in [-0.15, -0.1) is 0 Å². The first-order valence-corrected chi connectivity index (χ1v) is 6.72. The molecule has 0 aliphatic rings. The summed E-state index contributed by atoms with van der Waals surface area (Å²) >= 11 is 0. The number of hydrogen-bond donors (Lipinski definition) is 1. The molecule has 0 heterocycles. The van der Waals surface area contributed by atoms with Gasteiger partial charge in [0.25, 0.3) is 0 Å². The maximum atomic E-state index is 13.7. The van der Waals surface area contributed by atoms with Gasteiger partial charge in [0, 0.05) is 20.7 Å². The van der Waals surface area contributed by atoms with Gasteiger partial charge in [0.1, 0.15) is 10.7 Å². The molecule has 0 aromatic heterocycles. The highest BCUT2D eigenvalue weighted by Crippen LogP contribution is 2.19. The van der Waals surface area contributed by atoms with Crippen LogP contribution in [-0.2, 0) is 21.4 Å². The van der Waals surface area contributed by atoms with E-state index in [2.05, 4.69) is 0 Å². The lowest BCUT2D eigenvalue weighted by atomic mass is 10.2. The summed E-state index contributed by atoms with van der Waals surface area (Å²) in [6.07, 6.45) is 0. The van der Waals surface area contributed by atoms with Crippen molar-refractivity contribution in [3.05, 3.63) is 29.6 Å². The van der Waals surface area contributed by atoms with Crippen LogP contribution in [-0.4, -0.2) is 45.1 Å². The number of hydrogen-bond acceptors (Lipinski definition) is 4. The maximum Gasteiger partial charge on any atom is 0.245 e. The second-order valence-electron chi connectivity index (χ2n) is 3.74. The molecule has 5 nitrogen and oxygen atoms in total. The molecule has 1 aromatic rings. The molecule has 0 unspecified atom stereocenters. The highest BCUT2D eigenvalue weighted by atomic mass is 32.2. The van der Waals surface area contributed by atoms with Gasteiger partial charge in [0.15, 0.2) is 0 Å². The lowest BCUT2D eigenvalue weighted by Crippen LogP contribution is -2.30. The first-order valence-electron chi connectivity index (χ1n) is 5.28. The molecule has 7 heteroatoms. The molecule has 0 aliphatic carbocycles. The number of rotatable bonds is 6. The Bertz CT molecular complexity index is 504. The fourth-order valence-corrected chi connectivity index (χ4v) is 2.56. The maximum absolute atomic E-state index is 13.7. The van der Waals surface area contributed by atoms with Crippen LogP contribution in [0.3, 0.4) is 0 Å². The summed E-state index contributed by atoms with van der Waals surface area (Å²) in [5.41, 5.74) is 0.325. The Morgan fingerprint density at radius 1 is 1.44 bits per heavy atom. The van der Waals surface area contributed by atoms with Gasteiger partial charge in [-0.3, -0.25) is 0 Å². The second-order valence-corrected chi connectivity index (χ2v) is 5.76. The molecular weight excluding hydrogens is 261 g/mol. The smallest absolute Gasteiger partial charge is 0.245 e. The van der Waals surface area contributed by atoms with E-state index in [0.717, 1.165) is 16.4 Å². The van der Waals surface area contributed by atoms with Crippen molar-refractivity contribution in [1.82, 2.24) is 4.31 Å². The Hall–Kier alpha value is -1.02. The van der Waals surface area contributed by atoms with Crippen LogP contribution in [0.1, 0.15) is 5.56 Å². The van der Waals surface area contributed by atoms with Crippen molar-refractivity contribution in [3.8, 4) is 0 Å². The summed E-state index contributed by atoms with van der Waals surface area (Å²) in [6.45, 7) is 0.0306. The number of sulfonamides is 1. The number of aliphatic hydroxyl groups is 1. The zero-order chi connectivity index (χ0) is 13.8. The molecule has 0 radical (unpaired) electrons. The summed E-state index contributed by atoms with van der Waals surface area (Å²) in [5, 5.41) is 8.84. The van der Waals surface area contributed by atoms with E-state index in [1.165, 1.54) is 20.2 Å². The Labute approximate surface area is 106 Å². The largest absolute Gasteiger partial charge is 0.392 e. The minimum absolute atomic E-state index is 0.139. The van der Waals surface area contributed by atoms with Gasteiger partial charge in [-0.2, -0.15) is 4.31 Å². The molecule has 0 saturated carbocycles. The minimum atomic E-state index is -3.87. The molecule has 0 atom stereocenters. The number of halogens is 1. The van der Waals surface area contributed by atoms with Crippen molar-refractivity contribution in [2.45, 2.75) is 11.5 Å². The molecule has 0 saturated heterocycles. The van der Waals surface area contributed by atoms with Crippen LogP contribution in [0.2, 0.25) is 0 Å². The normalized spacial score (nSPS) is 12.1. The monoisotopic (exact) mass is 277 g/mol. The average Bonchev–Trinajstić information content (AvgIpc) is 2.35. The predicted molar refractivity (Wildman–Crippen MR) is 64.0 cm³/mol. The topological polar surface area (TPSA) is 66.8 Å². The van der Waals surface area contributed by atoms with Crippen LogP contribution in [0.15, 0.2) is 23.1 Å². The van der Waals surface area contributed by atoms with E-state index in [1.807, 2.05) is 0 Å². The zero-order valence-electron chi connectivity index (χ0n) is 10.3. The van der Waals surface area contributed by atoms with Gasteiger partial charge < -0.3 is 9.84 Å². The number of nitrogens with zero attached hydrogens (tertiary/aromatic N) is 1. The van der Waals surface area contributed by atoms with Crippen molar-refractivity contribution in [2.24, 2.45) is 0 Å². The molecule has 1 rings (SSSR count). The SMILES string of the molecule is COCCN(C)S(=O)(=O)c1ccc(CO)cc1F. The quantitative estimate of drug-likeness (QED) is 0.826. The van der Waals surface area contributed by atoms with Gasteiger partial charge in [0.05, 0.1) is 13.2 Å². The molecule has 1 N–H and O–H groups in total. The number of benzene rings is 1. The van der Waals surface area contributed by atoms with Crippen LogP contribution in [0.4, 0.5) is 4.39 Å². The molecule has 1 aromatic carbocycles. The Balaban J connectivity index is 3.05. The van der Waals surface area contributed by atoms with Crippen molar-refractivity contribution in [2.75, 3.05) is 27.3 Å². The van der Waals surface area contributed by atoms with Crippen molar-refractivity contribution in [1.29, 1.82) is 0 Å². The highest BCUT2D eigenvalue weighted by molar-refractivity contribution is 7.89. The number of likely N-dealkylation sites (N-methyl/N-ethyl adjacent to an activating group) is 1. The standard InChI is InChI=1S/C11H16FNO4S/c1-13(5-6-17-2)18(15,16)11-4-3-9(8-14)7-10(11)12/h3-4,7,14H,5-6,8H2,1-2H3. The molecule has 0 spiro atoms. The lowest BCUT2D eigenvalue weighted by molar-refractivity contribution is 0.185. The van der Waals surface area contributed by atoms with E-state index >= 15 is 0 Å². The second kappa shape index (κ2) is 6.24. The van der Waals surface area contributed by atoms with Crippen molar-refractivity contribution >= 4 is 10.0 Å². The van der Waals surface area contributed by atoms with Crippen LogP contribution in [0.5, 0.6) is 0 Å². The molecule has 0 bridgehead atoms. The van der Waals surface area contributed by atoms with E-state index < -0.39 is 20.7 Å². The number of methoxy groups -OCH3 is 1. The summed E-state index contributed by atoms with van der Waals surface area (Å²) in [7, 11) is -1.06. The van der Waals surface area contributed by atoms with Crippen LogP contribution < -0.4 is 0 Å². The third kappa shape index (κ3) is 3.26. The van der Waals surface area contributed by atoms with Gasteiger partial charge in [-0.1, -0.05) is 6.07 Å². The van der Waals surface area contributed by atoms with Crippen LogP contribution in [0, 0.1) is 5.82 Å². The average molecular weight is 277 g/mol. The van der Waals surface area contributed by atoms with E-state index in [9.17, 15) is 12.8 Å². The number of aliphatic hydroxyl groups excluding tert-OH is 1. The fraction of sp³-hybridized carbons (Fsp3) is 0.455. The first kappa shape index (κ1) is 15.0. The third-order valence-electron chi connectivity index (χ3n) is 2.48. The number of ether oxygens (including phenoxy) is 1. The van der Waals surface area contributed by atoms with Crippen LogP contribution in [0.25, 0.3) is 0 Å². The van der Waals surface area contributed by atoms with Crippen LogP contribution >= 0.6 is 0 Å². The summed E-state index contributed by atoms with van der Waals surface area (Å²) in [6, 6.07) is 3.54. The summed E-state index contributed by atoms with van der Waals surface area (Å²) < 4.78 is 43.5. The molecule has 0 aliphatic heterocycles. The lowest BCUT2D eigenvalue weighted by Gasteiger charge is -2.17. The van der Waals surface area contributed by atoms with Gasteiger partial charge in [-0.05, 0) is 17.7 Å². The van der Waals surface area contributed by atoms with Crippen molar-refractivity contribution < 1.29 is 22.7 Å². The molecule has 0 amide bonds. The van der Waals surface area contributed by atoms with Gasteiger partial charge in [-0.25, -0.2) is 12.8 Å². The van der Waals surface area contributed by atoms with Gasteiger partial charge in [0.2, 0.25) is 10.0 Å². The molecule has 0 fully saturated rings. The van der Waals surface area contributed by atoms with Crippen molar-refractivity contribution in [3.63, 3.8) is 0 Å². The minimum Gasteiger partial charge on any atom is -0.392 e. The molecule has 18 heavy (non-hydrogen) atoms. The summed E-state index contributed by atoms with van der Waals surface area (Å²) in [5.74, 6) is -0.870. The predicted octanol–water partition coefficient (Wildman–Crippen LogP) is 0.585. The van der Waals surface area contributed by atoms with E-state index in [0.29, 0.717) is 5.56 Å². The Morgan fingerprint density at radius 3 is 2.61 bits per heavy atom. The van der Waals surface area contributed by atoms with E-state index in [4.69, 9.17) is 9.84 Å². The summed E-state index contributed by atoms with van der Waals surface area (Å²) in [4.78, 5) is -0.404. The highest BCUT2D eigenvalue weighted by Gasteiger charge is 2.24. The Morgan fingerprint density at radius 2 is 2.11 bits per heavy atom. The van der Waals surface area contributed by atoms with E-state index in [1.54, 1.807) is 0 Å². The third-order valence-corrected chi connectivity index (χ3v) is 4.37. The first-order chi connectivity index (χ1) is 8.43. The van der Waals surface area contributed by atoms with E-state index in [-0.39, 0.29) is 19.8 Å². The Kier molecular flexibility index (Phi) is 5.21. The molecular formula is C11H16FNO4S.